The largest absolute Gasteiger partial charge is 0.444 e. The van der Waals surface area contributed by atoms with Gasteiger partial charge in [-0.25, -0.2) is 14.3 Å². The summed E-state index contributed by atoms with van der Waals surface area (Å²) in [6.07, 6.45) is 9.05. The highest BCUT2D eigenvalue weighted by Gasteiger charge is 2.22. The zero-order valence-corrected chi connectivity index (χ0v) is 17.0. The molecule has 148 valence electrons. The van der Waals surface area contributed by atoms with Gasteiger partial charge in [-0.1, -0.05) is 6.08 Å². The van der Waals surface area contributed by atoms with Crippen LogP contribution in [-0.4, -0.2) is 51.3 Å². The van der Waals surface area contributed by atoms with Gasteiger partial charge in [-0.15, -0.1) is 5.10 Å². The Morgan fingerprint density at radius 3 is 2.52 bits per heavy atom. The molecule has 1 fully saturated rings. The van der Waals surface area contributed by atoms with Crippen LogP contribution in [0, 0.1) is 0 Å². The van der Waals surface area contributed by atoms with Gasteiger partial charge in [-0.2, -0.15) is 0 Å². The van der Waals surface area contributed by atoms with Gasteiger partial charge in [0.15, 0.2) is 5.65 Å². The summed E-state index contributed by atoms with van der Waals surface area (Å²) in [6, 6.07) is 3.84. The fraction of sp³-hybridized carbons (Fsp3) is 0.550. The van der Waals surface area contributed by atoms with Crippen LogP contribution in [0.15, 0.2) is 24.4 Å². The smallest absolute Gasteiger partial charge is 0.410 e. The molecule has 1 aliphatic rings. The van der Waals surface area contributed by atoms with Gasteiger partial charge in [0.05, 0.1) is 11.9 Å². The third kappa shape index (κ3) is 6.27. The van der Waals surface area contributed by atoms with Crippen molar-refractivity contribution in [3.8, 4) is 0 Å². The molecule has 0 aliphatic carbocycles. The summed E-state index contributed by atoms with van der Waals surface area (Å²) in [5.41, 5.74) is 1.48. The maximum Gasteiger partial charge on any atom is 0.410 e. The standard InChI is InChI=1S/C10H12N4.C10H19NO2/c1-3-4-8-7-12-10-6-5-9(11-2)13-14(8)10;1-10(2,3)13-9(12)11-7-5-4-6-8-11/h3-7H,1-2H3,(H,11,13);4-8H2,1-3H3/b4-3+;. The third-order valence-corrected chi connectivity index (χ3v) is 3.99. The first kappa shape index (κ1) is 20.7. The van der Waals surface area contributed by atoms with E-state index in [1.807, 2.05) is 69.7 Å². The Morgan fingerprint density at radius 2 is 1.93 bits per heavy atom. The van der Waals surface area contributed by atoms with Crippen LogP contribution < -0.4 is 5.32 Å². The summed E-state index contributed by atoms with van der Waals surface area (Å²) >= 11 is 0. The Morgan fingerprint density at radius 1 is 1.22 bits per heavy atom. The third-order valence-electron chi connectivity index (χ3n) is 3.99. The molecule has 7 heteroatoms. The summed E-state index contributed by atoms with van der Waals surface area (Å²) in [7, 11) is 1.85. The number of aromatic nitrogens is 3. The van der Waals surface area contributed by atoms with Crippen molar-refractivity contribution in [1.29, 1.82) is 0 Å². The predicted molar refractivity (Wildman–Crippen MR) is 109 cm³/mol. The predicted octanol–water partition coefficient (Wildman–Crippen LogP) is 4.21. The number of nitrogens with one attached hydrogen (secondary N) is 1. The zero-order valence-electron chi connectivity index (χ0n) is 17.0. The minimum absolute atomic E-state index is 0.160. The number of allylic oxidation sites excluding steroid dienone is 1. The van der Waals surface area contributed by atoms with Crippen molar-refractivity contribution in [2.45, 2.75) is 52.6 Å². The first-order valence-corrected chi connectivity index (χ1v) is 9.47. The molecule has 1 aliphatic heterocycles. The highest BCUT2D eigenvalue weighted by atomic mass is 16.6. The van der Waals surface area contributed by atoms with Gasteiger partial charge in [0.1, 0.15) is 11.4 Å². The summed E-state index contributed by atoms with van der Waals surface area (Å²) in [6.45, 7) is 9.38. The summed E-state index contributed by atoms with van der Waals surface area (Å²) < 4.78 is 7.08. The number of nitrogens with zero attached hydrogens (tertiary/aromatic N) is 4. The van der Waals surface area contributed by atoms with Gasteiger partial charge in [0.25, 0.3) is 0 Å². The first-order valence-electron chi connectivity index (χ1n) is 9.47. The van der Waals surface area contributed by atoms with Gasteiger partial charge >= 0.3 is 6.09 Å². The molecule has 2 aromatic rings. The van der Waals surface area contributed by atoms with Gasteiger partial charge in [0, 0.05) is 20.1 Å². The molecule has 7 nitrogen and oxygen atoms in total. The lowest BCUT2D eigenvalue weighted by atomic mass is 10.1. The molecule has 0 unspecified atom stereocenters. The molecule has 0 spiro atoms. The molecule has 0 bridgehead atoms. The minimum Gasteiger partial charge on any atom is -0.444 e. The summed E-state index contributed by atoms with van der Waals surface area (Å²) in [4.78, 5) is 17.6. The van der Waals surface area contributed by atoms with E-state index in [4.69, 9.17) is 4.74 Å². The van der Waals surface area contributed by atoms with Crippen molar-refractivity contribution < 1.29 is 9.53 Å². The van der Waals surface area contributed by atoms with E-state index in [-0.39, 0.29) is 11.7 Å². The molecule has 0 radical (unpaired) electrons. The van der Waals surface area contributed by atoms with Crippen LogP contribution >= 0.6 is 0 Å². The van der Waals surface area contributed by atoms with Crippen LogP contribution in [0.5, 0.6) is 0 Å². The van der Waals surface area contributed by atoms with Crippen LogP contribution in [-0.2, 0) is 4.74 Å². The number of ether oxygens (including phenoxy) is 1. The summed E-state index contributed by atoms with van der Waals surface area (Å²) in [5, 5.41) is 7.36. The van der Waals surface area contributed by atoms with E-state index in [0.29, 0.717) is 0 Å². The molecule has 1 N–H and O–H groups in total. The van der Waals surface area contributed by atoms with E-state index in [1.54, 1.807) is 4.90 Å². The monoisotopic (exact) mass is 373 g/mol. The average Bonchev–Trinajstić information content (AvgIpc) is 3.04. The van der Waals surface area contributed by atoms with Crippen molar-refractivity contribution in [2.24, 2.45) is 0 Å². The number of amides is 1. The Hall–Kier alpha value is -2.57. The zero-order chi connectivity index (χ0) is 19.9. The number of hydrogen-bond donors (Lipinski definition) is 1. The molecular weight excluding hydrogens is 342 g/mol. The number of hydrogen-bond acceptors (Lipinski definition) is 5. The number of anilines is 1. The lowest BCUT2D eigenvalue weighted by Crippen LogP contribution is -2.39. The second-order valence-corrected chi connectivity index (χ2v) is 7.45. The highest BCUT2D eigenvalue weighted by molar-refractivity contribution is 5.68. The number of carbonyl (C=O) groups is 1. The lowest BCUT2D eigenvalue weighted by molar-refractivity contribution is 0.0216. The van der Waals surface area contributed by atoms with Crippen molar-refractivity contribution in [1.82, 2.24) is 19.5 Å². The summed E-state index contributed by atoms with van der Waals surface area (Å²) in [5.74, 6) is 0.834. The fourth-order valence-corrected chi connectivity index (χ4v) is 2.71. The molecule has 3 heterocycles. The molecule has 2 aromatic heterocycles. The van der Waals surface area contributed by atoms with E-state index in [9.17, 15) is 4.79 Å². The van der Waals surface area contributed by atoms with Crippen molar-refractivity contribution in [3.63, 3.8) is 0 Å². The van der Waals surface area contributed by atoms with Crippen LogP contribution in [0.3, 0.4) is 0 Å². The molecule has 1 saturated heterocycles. The molecule has 0 atom stereocenters. The molecule has 27 heavy (non-hydrogen) atoms. The van der Waals surface area contributed by atoms with Crippen LogP contribution in [0.1, 0.15) is 52.7 Å². The Balaban J connectivity index is 0.000000194. The Labute approximate surface area is 161 Å². The van der Waals surface area contributed by atoms with E-state index < -0.39 is 0 Å². The maximum atomic E-state index is 11.5. The topological polar surface area (TPSA) is 71.8 Å². The number of fused-ring (bicyclic) bond motifs is 1. The second-order valence-electron chi connectivity index (χ2n) is 7.45. The van der Waals surface area contributed by atoms with Gasteiger partial charge in [-0.05, 0) is 65.2 Å². The fourth-order valence-electron chi connectivity index (χ4n) is 2.71. The maximum absolute atomic E-state index is 11.5. The molecule has 0 saturated carbocycles. The number of likely N-dealkylation sites (tertiary alicyclic amines) is 1. The Kier molecular flexibility index (Phi) is 7.21. The highest BCUT2D eigenvalue weighted by Crippen LogP contribution is 2.14. The number of imidazole rings is 1. The van der Waals surface area contributed by atoms with Gasteiger partial charge in [0.2, 0.25) is 0 Å². The van der Waals surface area contributed by atoms with E-state index in [1.165, 1.54) is 6.42 Å². The molecule has 3 rings (SSSR count). The van der Waals surface area contributed by atoms with Crippen LogP contribution in [0.4, 0.5) is 10.6 Å². The molecule has 0 aromatic carbocycles. The molecular formula is C20H31N5O2. The first-order chi connectivity index (χ1) is 12.8. The van der Waals surface area contributed by atoms with Crippen LogP contribution in [0.2, 0.25) is 0 Å². The van der Waals surface area contributed by atoms with Crippen molar-refractivity contribution in [2.75, 3.05) is 25.5 Å². The SMILES string of the molecule is C/C=C/c1cnc2ccc(NC)nn12.CC(C)(C)OC(=O)N1CCCCC1. The number of rotatable bonds is 2. The number of carbonyl (C=O) groups excluding carboxylic acids is 1. The normalized spacial score (nSPS) is 14.8. The van der Waals surface area contributed by atoms with E-state index in [0.717, 1.165) is 43.1 Å². The average molecular weight is 374 g/mol. The van der Waals surface area contributed by atoms with Crippen molar-refractivity contribution >= 4 is 23.6 Å². The van der Waals surface area contributed by atoms with E-state index in [2.05, 4.69) is 15.4 Å². The van der Waals surface area contributed by atoms with Gasteiger partial charge < -0.3 is 15.0 Å². The quantitative estimate of drug-likeness (QED) is 0.854. The van der Waals surface area contributed by atoms with Crippen LogP contribution in [0.25, 0.3) is 11.7 Å². The Bertz CT molecular complexity index is 770. The minimum atomic E-state index is -0.367. The van der Waals surface area contributed by atoms with Gasteiger partial charge in [-0.3, -0.25) is 0 Å². The lowest BCUT2D eigenvalue weighted by Gasteiger charge is -2.29. The van der Waals surface area contributed by atoms with E-state index >= 15 is 0 Å². The number of piperidine rings is 1. The second kappa shape index (κ2) is 9.39. The molecule has 1 amide bonds. The van der Waals surface area contributed by atoms with Crippen molar-refractivity contribution in [3.05, 3.63) is 30.1 Å².